The van der Waals surface area contributed by atoms with Crippen LogP contribution in [0.3, 0.4) is 0 Å². The number of pyridine rings is 1. The molecule has 4 aromatic rings. The Hall–Kier alpha value is -3.23. The molecule has 0 radical (unpaired) electrons. The van der Waals surface area contributed by atoms with Crippen LogP contribution in [-0.2, 0) is 16.6 Å². The average molecular weight is 438 g/mol. The molecule has 2 N–H and O–H groups in total. The van der Waals surface area contributed by atoms with Gasteiger partial charge in [-0.05, 0) is 41.3 Å². The molecule has 0 fully saturated rings. The molecular formula is C22H19N3O3S2. The number of nitrogens with one attached hydrogen (secondary N) is 2. The molecule has 0 aliphatic heterocycles. The van der Waals surface area contributed by atoms with Gasteiger partial charge in [0, 0.05) is 17.6 Å². The number of hydrogen-bond acceptors (Lipinski definition) is 5. The van der Waals surface area contributed by atoms with Crippen LogP contribution in [0.4, 0.5) is 5.69 Å². The molecule has 0 aliphatic carbocycles. The van der Waals surface area contributed by atoms with Crippen LogP contribution in [0, 0.1) is 0 Å². The number of carbonyl (C=O) groups excluding carboxylic acids is 1. The fourth-order valence-corrected chi connectivity index (χ4v) is 4.39. The second kappa shape index (κ2) is 8.25. The Kier molecular flexibility index (Phi) is 5.52. The van der Waals surface area contributed by atoms with E-state index in [-0.39, 0.29) is 12.5 Å². The van der Waals surface area contributed by atoms with Gasteiger partial charge in [0.25, 0.3) is 5.91 Å². The van der Waals surface area contributed by atoms with Gasteiger partial charge in [-0.25, -0.2) is 13.4 Å². The first-order valence-electron chi connectivity index (χ1n) is 9.18. The molecule has 1 amide bonds. The number of rotatable bonds is 6. The average Bonchev–Trinajstić information content (AvgIpc) is 3.25. The van der Waals surface area contributed by atoms with E-state index in [4.69, 9.17) is 0 Å². The highest BCUT2D eigenvalue weighted by atomic mass is 32.2. The first-order chi connectivity index (χ1) is 14.4. The maximum absolute atomic E-state index is 13.0. The molecule has 2 aromatic carbocycles. The number of sulfonamides is 1. The second-order valence-corrected chi connectivity index (χ2v) is 9.50. The Morgan fingerprint density at radius 2 is 1.87 bits per heavy atom. The molecule has 0 saturated heterocycles. The van der Waals surface area contributed by atoms with E-state index in [9.17, 15) is 13.2 Å². The number of aromatic nitrogens is 1. The number of nitrogens with zero attached hydrogens (tertiary/aromatic N) is 1. The highest BCUT2D eigenvalue weighted by molar-refractivity contribution is 7.92. The molecule has 0 bridgehead atoms. The summed E-state index contributed by atoms with van der Waals surface area (Å²) in [5, 5.41) is 5.69. The van der Waals surface area contributed by atoms with Crippen molar-refractivity contribution >= 4 is 43.9 Å². The molecule has 0 saturated carbocycles. The number of anilines is 1. The summed E-state index contributed by atoms with van der Waals surface area (Å²) in [6.45, 7) is 0.267. The van der Waals surface area contributed by atoms with Crippen molar-refractivity contribution in [3.63, 3.8) is 0 Å². The third kappa shape index (κ3) is 4.67. The monoisotopic (exact) mass is 437 g/mol. The number of fused-ring (bicyclic) bond motifs is 1. The largest absolute Gasteiger partial charge is 0.348 e. The summed E-state index contributed by atoms with van der Waals surface area (Å²) in [4.78, 5) is 18.7. The van der Waals surface area contributed by atoms with Crippen LogP contribution in [0.5, 0.6) is 0 Å². The number of para-hydroxylation sites is 1. The predicted molar refractivity (Wildman–Crippen MR) is 121 cm³/mol. The number of carbonyl (C=O) groups is 1. The standard InChI is InChI=1S/C22H19N3O3S2/c1-30(27,28)25-16-7-4-6-15(12-16)14-23-22(26)18-13-20(21-10-5-11-29-21)24-19-9-3-2-8-17(18)19/h2-13,25H,14H2,1H3,(H,23,26). The van der Waals surface area contributed by atoms with Crippen molar-refractivity contribution in [1.29, 1.82) is 0 Å². The molecular weight excluding hydrogens is 418 g/mol. The SMILES string of the molecule is CS(=O)(=O)Nc1cccc(CNC(=O)c2cc(-c3cccs3)nc3ccccc23)c1. The normalized spacial score (nSPS) is 11.4. The fourth-order valence-electron chi connectivity index (χ4n) is 3.15. The Morgan fingerprint density at radius 1 is 1.03 bits per heavy atom. The summed E-state index contributed by atoms with van der Waals surface area (Å²) in [6, 6.07) is 20.2. The van der Waals surface area contributed by atoms with Gasteiger partial charge in [-0.1, -0.05) is 36.4 Å². The first kappa shape index (κ1) is 20.1. The lowest BCUT2D eigenvalue weighted by molar-refractivity contribution is 0.0952. The van der Waals surface area contributed by atoms with Crippen LogP contribution in [0.25, 0.3) is 21.5 Å². The van der Waals surface area contributed by atoms with Gasteiger partial charge in [0.1, 0.15) is 0 Å². The quantitative estimate of drug-likeness (QED) is 0.472. The molecule has 152 valence electrons. The number of thiophene rings is 1. The summed E-state index contributed by atoms with van der Waals surface area (Å²) >= 11 is 1.57. The summed E-state index contributed by atoms with van der Waals surface area (Å²) in [5.41, 5.74) is 3.31. The van der Waals surface area contributed by atoms with Crippen LogP contribution < -0.4 is 10.0 Å². The predicted octanol–water partition coefficient (Wildman–Crippen LogP) is 4.26. The van der Waals surface area contributed by atoms with E-state index in [0.29, 0.717) is 11.3 Å². The third-order valence-corrected chi connectivity index (χ3v) is 5.92. The van der Waals surface area contributed by atoms with Crippen LogP contribution in [0.2, 0.25) is 0 Å². The van der Waals surface area contributed by atoms with Crippen LogP contribution in [0.1, 0.15) is 15.9 Å². The van der Waals surface area contributed by atoms with Crippen molar-refractivity contribution < 1.29 is 13.2 Å². The van der Waals surface area contributed by atoms with Crippen molar-refractivity contribution in [3.05, 3.63) is 83.2 Å². The summed E-state index contributed by atoms with van der Waals surface area (Å²) in [6.07, 6.45) is 1.10. The third-order valence-electron chi connectivity index (χ3n) is 4.42. The molecule has 6 nitrogen and oxygen atoms in total. The minimum absolute atomic E-state index is 0.215. The van der Waals surface area contributed by atoms with Crippen molar-refractivity contribution in [3.8, 4) is 10.6 Å². The zero-order valence-electron chi connectivity index (χ0n) is 16.1. The van der Waals surface area contributed by atoms with Gasteiger partial charge >= 0.3 is 0 Å². The summed E-state index contributed by atoms with van der Waals surface area (Å²) in [7, 11) is -3.36. The molecule has 2 aromatic heterocycles. The lowest BCUT2D eigenvalue weighted by Gasteiger charge is -2.11. The summed E-state index contributed by atoms with van der Waals surface area (Å²) in [5.74, 6) is -0.215. The molecule has 0 atom stereocenters. The lowest BCUT2D eigenvalue weighted by atomic mass is 10.1. The van der Waals surface area contributed by atoms with Crippen molar-refractivity contribution in [2.45, 2.75) is 6.54 Å². The molecule has 4 rings (SSSR count). The molecule has 0 aliphatic rings. The topological polar surface area (TPSA) is 88.2 Å². The number of benzene rings is 2. The first-order valence-corrected chi connectivity index (χ1v) is 11.9. The van der Waals surface area contributed by atoms with E-state index in [2.05, 4.69) is 15.0 Å². The minimum atomic E-state index is -3.36. The van der Waals surface area contributed by atoms with Crippen molar-refractivity contribution in [2.75, 3.05) is 11.0 Å². The maximum Gasteiger partial charge on any atom is 0.252 e. The van der Waals surface area contributed by atoms with Gasteiger partial charge in [-0.15, -0.1) is 11.3 Å². The van der Waals surface area contributed by atoms with Gasteiger partial charge in [0.05, 0.1) is 27.9 Å². The molecule has 30 heavy (non-hydrogen) atoms. The van der Waals surface area contributed by atoms with Gasteiger partial charge < -0.3 is 5.32 Å². The molecule has 0 spiro atoms. The fraction of sp³-hybridized carbons (Fsp3) is 0.0909. The van der Waals surface area contributed by atoms with E-state index in [0.717, 1.165) is 33.3 Å². The summed E-state index contributed by atoms with van der Waals surface area (Å²) < 4.78 is 25.3. The minimum Gasteiger partial charge on any atom is -0.348 e. The number of hydrogen-bond donors (Lipinski definition) is 2. The van der Waals surface area contributed by atoms with Crippen LogP contribution in [0.15, 0.2) is 72.1 Å². The van der Waals surface area contributed by atoms with Crippen molar-refractivity contribution in [1.82, 2.24) is 10.3 Å². The smallest absolute Gasteiger partial charge is 0.252 e. The Labute approximate surface area is 178 Å². The Morgan fingerprint density at radius 3 is 2.63 bits per heavy atom. The van der Waals surface area contributed by atoms with E-state index in [1.54, 1.807) is 29.5 Å². The van der Waals surface area contributed by atoms with E-state index in [1.165, 1.54) is 0 Å². The van der Waals surface area contributed by atoms with Gasteiger partial charge in [-0.2, -0.15) is 0 Å². The zero-order valence-corrected chi connectivity index (χ0v) is 17.8. The van der Waals surface area contributed by atoms with Crippen LogP contribution in [-0.4, -0.2) is 25.6 Å². The van der Waals surface area contributed by atoms with E-state index in [1.807, 2.05) is 53.9 Å². The van der Waals surface area contributed by atoms with Gasteiger partial charge in [-0.3, -0.25) is 9.52 Å². The van der Waals surface area contributed by atoms with Crippen molar-refractivity contribution in [2.24, 2.45) is 0 Å². The molecule has 0 unspecified atom stereocenters. The highest BCUT2D eigenvalue weighted by Gasteiger charge is 2.14. The Balaban J connectivity index is 1.60. The Bertz CT molecular complexity index is 1320. The zero-order chi connectivity index (χ0) is 21.1. The second-order valence-electron chi connectivity index (χ2n) is 6.81. The molecule has 8 heteroatoms. The molecule has 2 heterocycles. The van der Waals surface area contributed by atoms with Crippen LogP contribution >= 0.6 is 11.3 Å². The highest BCUT2D eigenvalue weighted by Crippen LogP contribution is 2.28. The van der Waals surface area contributed by atoms with Gasteiger partial charge in [0.15, 0.2) is 0 Å². The lowest BCUT2D eigenvalue weighted by Crippen LogP contribution is -2.23. The number of amides is 1. The van der Waals surface area contributed by atoms with E-state index >= 15 is 0 Å². The maximum atomic E-state index is 13.0. The van der Waals surface area contributed by atoms with Gasteiger partial charge in [0.2, 0.25) is 10.0 Å². The van der Waals surface area contributed by atoms with E-state index < -0.39 is 10.0 Å².